The zero-order valence-electron chi connectivity index (χ0n) is 20.9. The number of halogens is 1. The van der Waals surface area contributed by atoms with E-state index < -0.39 is 5.25 Å². The van der Waals surface area contributed by atoms with E-state index in [2.05, 4.69) is 35.4 Å². The highest BCUT2D eigenvalue weighted by atomic mass is 35.5. The van der Waals surface area contributed by atoms with Gasteiger partial charge in [0, 0.05) is 23.6 Å². The lowest BCUT2D eigenvalue weighted by Crippen LogP contribution is -2.25. The van der Waals surface area contributed by atoms with E-state index in [1.165, 1.54) is 11.8 Å². The summed E-state index contributed by atoms with van der Waals surface area (Å²) in [5.41, 5.74) is 7.10. The normalized spacial score (nSPS) is 19.1. The van der Waals surface area contributed by atoms with Crippen LogP contribution in [0.4, 0.5) is 5.69 Å². The van der Waals surface area contributed by atoms with Crippen LogP contribution in [0.1, 0.15) is 46.7 Å². The van der Waals surface area contributed by atoms with Crippen molar-refractivity contribution in [3.8, 4) is 0 Å². The lowest BCUT2D eigenvalue weighted by atomic mass is 9.97. The van der Waals surface area contributed by atoms with Crippen LogP contribution in [-0.2, 0) is 9.59 Å². The second-order valence-corrected chi connectivity index (χ2v) is 11.0. The number of carbonyl (C=O) groups is 2. The van der Waals surface area contributed by atoms with E-state index in [9.17, 15) is 9.59 Å². The number of hydrogen-bond acceptors (Lipinski definition) is 5. The van der Waals surface area contributed by atoms with Crippen molar-refractivity contribution in [1.29, 1.82) is 0 Å². The van der Waals surface area contributed by atoms with Crippen molar-refractivity contribution in [3.63, 3.8) is 0 Å². The molecular formula is C29H27ClN4O2S. The fraction of sp³-hybridized carbons (Fsp3) is 0.241. The number of hydrogen-bond donors (Lipinski definition) is 1. The topological polar surface area (TPSA) is 74.1 Å². The summed E-state index contributed by atoms with van der Waals surface area (Å²) in [7, 11) is 0. The highest BCUT2D eigenvalue weighted by Gasteiger charge is 2.39. The summed E-state index contributed by atoms with van der Waals surface area (Å²) in [5, 5.41) is 10.2. The van der Waals surface area contributed by atoms with Gasteiger partial charge in [0.25, 0.3) is 5.91 Å². The number of rotatable bonds is 5. The molecular weight excluding hydrogens is 504 g/mol. The van der Waals surface area contributed by atoms with Gasteiger partial charge in [0.05, 0.1) is 11.8 Å². The summed E-state index contributed by atoms with van der Waals surface area (Å²) >= 11 is 7.39. The molecule has 0 saturated heterocycles. The molecule has 8 heteroatoms. The first-order valence-electron chi connectivity index (χ1n) is 12.1. The zero-order valence-corrected chi connectivity index (χ0v) is 22.4. The van der Waals surface area contributed by atoms with Crippen molar-refractivity contribution in [2.45, 2.75) is 44.9 Å². The fourth-order valence-corrected chi connectivity index (χ4v) is 5.63. The van der Waals surface area contributed by atoms with Gasteiger partial charge in [-0.05, 0) is 67.3 Å². The monoisotopic (exact) mass is 530 g/mol. The minimum atomic E-state index is -0.588. The van der Waals surface area contributed by atoms with E-state index in [-0.39, 0.29) is 24.3 Å². The van der Waals surface area contributed by atoms with Crippen LogP contribution in [0.2, 0.25) is 5.02 Å². The number of anilines is 1. The maximum atomic E-state index is 12.8. The summed E-state index contributed by atoms with van der Waals surface area (Å²) < 4.78 is 0. The average molecular weight is 531 g/mol. The summed E-state index contributed by atoms with van der Waals surface area (Å²) in [6.45, 7) is 6.08. The molecule has 2 atom stereocenters. The summed E-state index contributed by atoms with van der Waals surface area (Å²) in [6.07, 6.45) is 0.705. The largest absolute Gasteiger partial charge is 0.326 e. The third-order valence-electron chi connectivity index (χ3n) is 6.60. The van der Waals surface area contributed by atoms with Crippen LogP contribution in [-0.4, -0.2) is 33.0 Å². The van der Waals surface area contributed by atoms with Gasteiger partial charge >= 0.3 is 0 Å². The molecule has 5 rings (SSSR count). The molecule has 37 heavy (non-hydrogen) atoms. The van der Waals surface area contributed by atoms with E-state index in [0.717, 1.165) is 39.2 Å². The fourth-order valence-electron chi connectivity index (χ4n) is 4.44. The Kier molecular flexibility index (Phi) is 7.17. The van der Waals surface area contributed by atoms with Gasteiger partial charge in [0.1, 0.15) is 5.25 Å². The molecule has 188 valence electrons. The molecule has 0 bridgehead atoms. The van der Waals surface area contributed by atoms with Crippen LogP contribution in [0.3, 0.4) is 0 Å². The molecule has 2 amide bonds. The SMILES string of the molecule is Cc1cccc(C2CC(c3ccc(Cl)cc3)=NN2C2=NC(=O)C(CC(=O)Nc3ccc(C)c(C)c3)S2)c1. The van der Waals surface area contributed by atoms with Gasteiger partial charge in [0.2, 0.25) is 5.91 Å². The maximum Gasteiger partial charge on any atom is 0.262 e. The molecule has 0 aromatic heterocycles. The van der Waals surface area contributed by atoms with Gasteiger partial charge in [-0.2, -0.15) is 10.1 Å². The molecule has 3 aromatic carbocycles. The molecule has 2 heterocycles. The molecule has 0 fully saturated rings. The molecule has 0 aliphatic carbocycles. The van der Waals surface area contributed by atoms with Crippen LogP contribution in [0.25, 0.3) is 0 Å². The maximum absolute atomic E-state index is 12.8. The first-order chi connectivity index (χ1) is 17.8. The van der Waals surface area contributed by atoms with Crippen LogP contribution in [0, 0.1) is 20.8 Å². The van der Waals surface area contributed by atoms with E-state index in [4.69, 9.17) is 16.7 Å². The van der Waals surface area contributed by atoms with Gasteiger partial charge in [-0.15, -0.1) is 0 Å². The van der Waals surface area contributed by atoms with Crippen molar-refractivity contribution in [1.82, 2.24) is 5.01 Å². The lowest BCUT2D eigenvalue weighted by molar-refractivity contribution is -0.121. The highest BCUT2D eigenvalue weighted by molar-refractivity contribution is 8.15. The van der Waals surface area contributed by atoms with Crippen molar-refractivity contribution in [3.05, 3.63) is 99.6 Å². The number of hydrazone groups is 1. The number of nitrogens with zero attached hydrogens (tertiary/aromatic N) is 3. The van der Waals surface area contributed by atoms with Gasteiger partial charge < -0.3 is 5.32 Å². The average Bonchev–Trinajstić information content (AvgIpc) is 3.46. The van der Waals surface area contributed by atoms with Crippen molar-refractivity contribution >= 4 is 51.7 Å². The number of carbonyl (C=O) groups excluding carboxylic acids is 2. The Hall–Kier alpha value is -3.42. The standard InChI is InChI=1S/C29H27ClN4O2S/c1-17-5-4-6-21(13-17)25-15-24(20-8-10-22(30)11-9-20)33-34(25)29-32-28(36)26(37-29)16-27(35)31-23-12-7-18(2)19(3)14-23/h4-14,25-26H,15-16H2,1-3H3,(H,31,35). The van der Waals surface area contributed by atoms with E-state index >= 15 is 0 Å². The number of nitrogens with one attached hydrogen (secondary N) is 1. The van der Waals surface area contributed by atoms with Crippen LogP contribution >= 0.6 is 23.4 Å². The molecule has 2 aliphatic rings. The Morgan fingerprint density at radius 2 is 1.84 bits per heavy atom. The number of aliphatic imine (C=N–C) groups is 1. The Morgan fingerprint density at radius 1 is 1.05 bits per heavy atom. The van der Waals surface area contributed by atoms with Gasteiger partial charge in [-0.25, -0.2) is 5.01 Å². The van der Waals surface area contributed by atoms with Crippen LogP contribution in [0.15, 0.2) is 76.8 Å². The quantitative estimate of drug-likeness (QED) is 0.411. The number of aryl methyl sites for hydroxylation is 3. The van der Waals surface area contributed by atoms with Gasteiger partial charge in [-0.3, -0.25) is 9.59 Å². The molecule has 2 aliphatic heterocycles. The number of amidine groups is 1. The predicted molar refractivity (Wildman–Crippen MR) is 151 cm³/mol. The van der Waals surface area contributed by atoms with E-state index in [1.54, 1.807) is 0 Å². The summed E-state index contributed by atoms with van der Waals surface area (Å²) in [5.74, 6) is -0.527. The number of benzene rings is 3. The van der Waals surface area contributed by atoms with Crippen molar-refractivity contribution in [2.24, 2.45) is 10.1 Å². The van der Waals surface area contributed by atoms with Crippen molar-refractivity contribution in [2.75, 3.05) is 5.32 Å². The summed E-state index contributed by atoms with van der Waals surface area (Å²) in [6, 6.07) is 21.5. The minimum Gasteiger partial charge on any atom is -0.326 e. The van der Waals surface area contributed by atoms with Crippen LogP contribution in [0.5, 0.6) is 0 Å². The number of amides is 2. The molecule has 0 radical (unpaired) electrons. The Balaban J connectivity index is 1.35. The Bertz CT molecular complexity index is 1430. The second-order valence-electron chi connectivity index (χ2n) is 9.42. The molecule has 2 unspecified atom stereocenters. The first-order valence-corrected chi connectivity index (χ1v) is 13.4. The first kappa shape index (κ1) is 25.2. The third-order valence-corrected chi connectivity index (χ3v) is 8.00. The summed E-state index contributed by atoms with van der Waals surface area (Å²) in [4.78, 5) is 29.9. The van der Waals surface area contributed by atoms with Gasteiger partial charge in [-0.1, -0.05) is 71.4 Å². The Morgan fingerprint density at radius 3 is 2.57 bits per heavy atom. The predicted octanol–water partition coefficient (Wildman–Crippen LogP) is 6.44. The van der Waals surface area contributed by atoms with Crippen molar-refractivity contribution < 1.29 is 9.59 Å². The lowest BCUT2D eigenvalue weighted by Gasteiger charge is -2.23. The molecule has 0 spiro atoms. The smallest absolute Gasteiger partial charge is 0.262 e. The Labute approximate surface area is 225 Å². The zero-order chi connectivity index (χ0) is 26.1. The van der Waals surface area contributed by atoms with E-state index in [0.29, 0.717) is 16.6 Å². The number of thioether (sulfide) groups is 1. The third kappa shape index (κ3) is 5.63. The van der Waals surface area contributed by atoms with Crippen LogP contribution < -0.4 is 5.32 Å². The highest BCUT2D eigenvalue weighted by Crippen LogP contribution is 2.39. The molecule has 3 aromatic rings. The molecule has 6 nitrogen and oxygen atoms in total. The second kappa shape index (κ2) is 10.5. The minimum absolute atomic E-state index is 0.0418. The van der Waals surface area contributed by atoms with E-state index in [1.807, 2.05) is 67.4 Å². The molecule has 1 N–H and O–H groups in total. The molecule has 0 saturated carbocycles. The van der Waals surface area contributed by atoms with Gasteiger partial charge in [0.15, 0.2) is 5.17 Å².